The smallest absolute Gasteiger partial charge is 0.471 e. The number of nitrogens with zero attached hydrogens (tertiary/aromatic N) is 4. The number of halogens is 3. The highest BCUT2D eigenvalue weighted by Crippen LogP contribution is 2.36. The molecular formula is C23H30F3N5O4Si. The molecule has 1 amide bonds. The SMILES string of the molecule is CN(C(=O)C(F)(F)F)c1nc(COc2cncc(OCCO[Si](C)(C)C(C)(C)C)c2)c2cc[nH]c2n1. The van der Waals surface area contributed by atoms with Gasteiger partial charge in [-0.25, -0.2) is 4.98 Å². The number of carbonyl (C=O) groups is 1. The number of fused-ring (bicyclic) bond motifs is 1. The van der Waals surface area contributed by atoms with Crippen molar-refractivity contribution < 1.29 is 31.9 Å². The van der Waals surface area contributed by atoms with Crippen LogP contribution in [0, 0.1) is 0 Å². The number of rotatable bonds is 9. The van der Waals surface area contributed by atoms with Crippen molar-refractivity contribution in [1.29, 1.82) is 0 Å². The summed E-state index contributed by atoms with van der Waals surface area (Å²) >= 11 is 0. The van der Waals surface area contributed by atoms with E-state index in [1.165, 1.54) is 6.20 Å². The molecule has 3 aromatic rings. The molecule has 0 fully saturated rings. The zero-order valence-electron chi connectivity index (χ0n) is 21.1. The number of amides is 1. The summed E-state index contributed by atoms with van der Waals surface area (Å²) in [5.41, 5.74) is 0.574. The van der Waals surface area contributed by atoms with E-state index in [1.807, 2.05) is 0 Å². The molecule has 36 heavy (non-hydrogen) atoms. The van der Waals surface area contributed by atoms with Gasteiger partial charge in [0.25, 0.3) is 0 Å². The van der Waals surface area contributed by atoms with E-state index in [0.717, 1.165) is 7.05 Å². The highest BCUT2D eigenvalue weighted by Gasteiger charge is 2.42. The van der Waals surface area contributed by atoms with Gasteiger partial charge in [-0.2, -0.15) is 18.2 Å². The van der Waals surface area contributed by atoms with E-state index in [9.17, 15) is 18.0 Å². The van der Waals surface area contributed by atoms with Crippen LogP contribution in [0.15, 0.2) is 30.7 Å². The Morgan fingerprint density at radius 2 is 1.75 bits per heavy atom. The fourth-order valence-corrected chi connectivity index (χ4v) is 3.94. The quantitative estimate of drug-likeness (QED) is 0.314. The number of H-pyrrole nitrogens is 1. The number of aromatic amines is 1. The molecule has 3 rings (SSSR count). The minimum atomic E-state index is -5.05. The van der Waals surface area contributed by atoms with Crippen LogP contribution in [-0.4, -0.2) is 60.6 Å². The lowest BCUT2D eigenvalue weighted by atomic mass is 10.2. The summed E-state index contributed by atoms with van der Waals surface area (Å²) in [6.07, 6.45) is -0.458. The molecule has 0 saturated heterocycles. The second-order valence-electron chi connectivity index (χ2n) is 9.67. The molecule has 9 nitrogen and oxygen atoms in total. The molecule has 0 aliphatic carbocycles. The predicted octanol–water partition coefficient (Wildman–Crippen LogP) is 4.86. The normalized spacial score (nSPS) is 12.6. The van der Waals surface area contributed by atoms with Crippen LogP contribution in [0.3, 0.4) is 0 Å². The minimum absolute atomic E-state index is 0.0997. The number of carbonyl (C=O) groups excluding carboxylic acids is 1. The van der Waals surface area contributed by atoms with Crippen molar-refractivity contribution in [3.8, 4) is 11.5 Å². The standard InChI is InChI=1S/C23H30F3N5O4Si/c1-22(2,3)36(5,6)35-10-9-33-15-11-16(13-27-12-15)34-14-18-17-7-8-28-19(17)30-21(29-18)31(4)20(32)23(24,25)26/h7-8,11-13H,9-10,14H2,1-6H3,(H,28,29,30). The van der Waals surface area contributed by atoms with Gasteiger partial charge in [0, 0.05) is 24.7 Å². The summed E-state index contributed by atoms with van der Waals surface area (Å²) in [5, 5.41) is 0.651. The molecular weight excluding hydrogens is 495 g/mol. The van der Waals surface area contributed by atoms with Crippen molar-refractivity contribution in [3.63, 3.8) is 0 Å². The predicted molar refractivity (Wildman–Crippen MR) is 131 cm³/mol. The van der Waals surface area contributed by atoms with Crippen LogP contribution in [0.1, 0.15) is 26.5 Å². The molecule has 1 N–H and O–H groups in total. The molecule has 0 aliphatic heterocycles. The number of nitrogens with one attached hydrogen (secondary N) is 1. The molecule has 0 aromatic carbocycles. The largest absolute Gasteiger partial charge is 0.489 e. The number of hydrogen-bond donors (Lipinski definition) is 1. The lowest BCUT2D eigenvalue weighted by Gasteiger charge is -2.36. The maximum absolute atomic E-state index is 12.9. The van der Waals surface area contributed by atoms with E-state index < -0.39 is 26.3 Å². The van der Waals surface area contributed by atoms with E-state index in [-0.39, 0.29) is 17.3 Å². The first-order chi connectivity index (χ1) is 16.7. The number of pyridine rings is 1. The summed E-state index contributed by atoms with van der Waals surface area (Å²) in [7, 11) is -0.911. The fraction of sp³-hybridized carbons (Fsp3) is 0.478. The van der Waals surface area contributed by atoms with Gasteiger partial charge in [-0.15, -0.1) is 0 Å². The Bertz CT molecular complexity index is 1210. The van der Waals surface area contributed by atoms with Crippen molar-refractivity contribution in [2.75, 3.05) is 25.2 Å². The summed E-state index contributed by atoms with van der Waals surface area (Å²) in [4.78, 5) is 27.1. The first-order valence-corrected chi connectivity index (χ1v) is 14.1. The van der Waals surface area contributed by atoms with Crippen LogP contribution in [0.2, 0.25) is 18.1 Å². The molecule has 0 radical (unpaired) electrons. The lowest BCUT2D eigenvalue weighted by Crippen LogP contribution is -2.41. The molecule has 3 aromatic heterocycles. The van der Waals surface area contributed by atoms with E-state index in [2.05, 4.69) is 53.8 Å². The molecule has 0 spiro atoms. The van der Waals surface area contributed by atoms with Crippen LogP contribution in [0.4, 0.5) is 19.1 Å². The van der Waals surface area contributed by atoms with E-state index in [1.54, 1.807) is 24.5 Å². The van der Waals surface area contributed by atoms with E-state index in [4.69, 9.17) is 13.9 Å². The zero-order valence-corrected chi connectivity index (χ0v) is 22.1. The Balaban J connectivity index is 1.67. The minimum Gasteiger partial charge on any atom is -0.489 e. The number of alkyl halides is 3. The zero-order chi connectivity index (χ0) is 26.7. The lowest BCUT2D eigenvalue weighted by molar-refractivity contribution is -0.170. The highest BCUT2D eigenvalue weighted by atomic mass is 28.4. The second-order valence-corrected chi connectivity index (χ2v) is 14.5. The Kier molecular flexibility index (Phi) is 7.93. The third-order valence-corrected chi connectivity index (χ3v) is 10.6. The maximum Gasteiger partial charge on any atom is 0.471 e. The number of hydrogen-bond acceptors (Lipinski definition) is 7. The third kappa shape index (κ3) is 6.52. The molecule has 0 atom stereocenters. The Hall–Kier alpha value is -3.19. The van der Waals surface area contributed by atoms with Crippen LogP contribution < -0.4 is 14.4 Å². The van der Waals surface area contributed by atoms with E-state index >= 15 is 0 Å². The molecule has 196 valence electrons. The van der Waals surface area contributed by atoms with Gasteiger partial charge in [-0.05, 0) is 24.2 Å². The molecule has 0 unspecified atom stereocenters. The maximum atomic E-state index is 12.9. The van der Waals surface area contributed by atoms with Crippen molar-refractivity contribution in [1.82, 2.24) is 19.9 Å². The molecule has 0 aliphatic rings. The van der Waals surface area contributed by atoms with Crippen LogP contribution in [0.25, 0.3) is 11.0 Å². The number of aromatic nitrogens is 4. The number of anilines is 1. The first kappa shape index (κ1) is 27.4. The van der Waals surface area contributed by atoms with Gasteiger partial charge in [0.1, 0.15) is 30.4 Å². The van der Waals surface area contributed by atoms with Crippen LogP contribution in [-0.2, 0) is 15.8 Å². The number of ether oxygens (including phenoxy) is 2. The van der Waals surface area contributed by atoms with Crippen LogP contribution in [0.5, 0.6) is 11.5 Å². The average Bonchev–Trinajstić information content (AvgIpc) is 3.27. The first-order valence-electron chi connectivity index (χ1n) is 11.2. The molecule has 0 saturated carbocycles. The van der Waals surface area contributed by atoms with Crippen molar-refractivity contribution >= 4 is 31.2 Å². The monoisotopic (exact) mass is 525 g/mol. The van der Waals surface area contributed by atoms with Crippen LogP contribution >= 0.6 is 0 Å². The van der Waals surface area contributed by atoms with Crippen molar-refractivity contribution in [3.05, 3.63) is 36.4 Å². The van der Waals surface area contributed by atoms with Crippen molar-refractivity contribution in [2.24, 2.45) is 0 Å². The summed E-state index contributed by atoms with van der Waals surface area (Å²) in [6, 6.07) is 3.32. The van der Waals surface area contributed by atoms with Gasteiger partial charge in [-0.1, -0.05) is 20.8 Å². The van der Waals surface area contributed by atoms with Gasteiger partial charge < -0.3 is 18.9 Å². The topological polar surface area (TPSA) is 102 Å². The van der Waals surface area contributed by atoms with Gasteiger partial charge >= 0.3 is 12.1 Å². The molecule has 3 heterocycles. The highest BCUT2D eigenvalue weighted by molar-refractivity contribution is 6.74. The Morgan fingerprint density at radius 3 is 2.39 bits per heavy atom. The van der Waals surface area contributed by atoms with Gasteiger partial charge in [0.15, 0.2) is 8.32 Å². The van der Waals surface area contributed by atoms with Crippen molar-refractivity contribution in [2.45, 2.75) is 51.7 Å². The average molecular weight is 526 g/mol. The molecule has 0 bridgehead atoms. The third-order valence-electron chi connectivity index (χ3n) is 6.01. The van der Waals surface area contributed by atoms with Gasteiger partial charge in [-0.3, -0.25) is 14.7 Å². The second kappa shape index (κ2) is 10.4. The Labute approximate surface area is 208 Å². The molecule has 13 heteroatoms. The summed E-state index contributed by atoms with van der Waals surface area (Å²) in [5.74, 6) is -1.62. The summed E-state index contributed by atoms with van der Waals surface area (Å²) < 4.78 is 56.2. The van der Waals surface area contributed by atoms with Gasteiger partial charge in [0.2, 0.25) is 5.95 Å². The summed E-state index contributed by atoms with van der Waals surface area (Å²) in [6.45, 7) is 11.5. The van der Waals surface area contributed by atoms with E-state index in [0.29, 0.717) is 40.7 Å². The Morgan fingerprint density at radius 1 is 1.08 bits per heavy atom. The van der Waals surface area contributed by atoms with Gasteiger partial charge in [0.05, 0.1) is 24.7 Å². The fourth-order valence-electron chi connectivity index (χ4n) is 2.91.